The summed E-state index contributed by atoms with van der Waals surface area (Å²) in [4.78, 5) is 15.3. The van der Waals surface area contributed by atoms with Crippen molar-refractivity contribution >= 4 is 44.6 Å². The molecule has 0 radical (unpaired) electrons. The highest BCUT2D eigenvalue weighted by molar-refractivity contribution is 7.89. The maximum Gasteiger partial charge on any atom is 0.276 e. The summed E-state index contributed by atoms with van der Waals surface area (Å²) in [5.41, 5.74) is 2.05. The number of carbonyl (C=O) groups is 1. The van der Waals surface area contributed by atoms with Crippen molar-refractivity contribution in [2.75, 3.05) is 0 Å². The number of hydrazone groups is 1. The Morgan fingerprint density at radius 3 is 2.38 bits per heavy atom. The van der Waals surface area contributed by atoms with Gasteiger partial charge in [0.05, 0.1) is 16.6 Å². The minimum Gasteiger partial charge on any atom is -0.268 e. The van der Waals surface area contributed by atoms with Gasteiger partial charge < -0.3 is 0 Å². The van der Waals surface area contributed by atoms with Gasteiger partial charge in [0.25, 0.3) is 15.9 Å². The Balaban J connectivity index is 1.71. The highest BCUT2D eigenvalue weighted by Crippen LogP contribution is 2.29. The molecule has 0 aliphatic carbocycles. The van der Waals surface area contributed by atoms with E-state index in [0.29, 0.717) is 16.5 Å². The summed E-state index contributed by atoms with van der Waals surface area (Å²) in [7, 11) is -3.87. The second kappa shape index (κ2) is 8.57. The number of fused-ring (bicyclic) bond motifs is 1. The van der Waals surface area contributed by atoms with Crippen LogP contribution in [0.2, 0.25) is 5.15 Å². The fourth-order valence-corrected chi connectivity index (χ4v) is 4.32. The fraction of sp³-hybridized carbons (Fsp3) is 0.0435. The lowest BCUT2D eigenvalue weighted by molar-refractivity contribution is 0.0965. The Bertz CT molecular complexity index is 1440. The summed E-state index contributed by atoms with van der Waals surface area (Å²) < 4.78 is 39.4. The van der Waals surface area contributed by atoms with Crippen LogP contribution in [0.3, 0.4) is 0 Å². The first kappa shape index (κ1) is 21.7. The van der Waals surface area contributed by atoms with Crippen molar-refractivity contribution in [3.05, 3.63) is 100 Å². The quantitative estimate of drug-likeness (QED) is 0.338. The van der Waals surface area contributed by atoms with Gasteiger partial charge >= 0.3 is 0 Å². The van der Waals surface area contributed by atoms with Gasteiger partial charge in [-0.25, -0.2) is 9.22 Å². The summed E-state index contributed by atoms with van der Waals surface area (Å²) in [6.07, 6.45) is 1.25. The fourth-order valence-electron chi connectivity index (χ4n) is 3.21. The standard InChI is InChI=1S/C23H17ClFN3O3S/c1-15-6-12-18(13-7-15)32(30,31)27-26-14-20-19-4-2-3-5-21(19)28(22(20)24)23(29)16-8-10-17(25)11-9-16/h2-14,27H,1H3/b26-14+. The maximum atomic E-state index is 13.2. The van der Waals surface area contributed by atoms with E-state index in [1.165, 1.54) is 47.2 Å². The zero-order valence-corrected chi connectivity index (χ0v) is 18.4. The average Bonchev–Trinajstić information content (AvgIpc) is 3.05. The monoisotopic (exact) mass is 469 g/mol. The summed E-state index contributed by atoms with van der Waals surface area (Å²) in [5, 5.41) is 4.52. The SMILES string of the molecule is Cc1ccc(S(=O)(=O)N/N=C/c2c(Cl)n(C(=O)c3ccc(F)cc3)c3ccccc23)cc1. The zero-order chi connectivity index (χ0) is 22.9. The van der Waals surface area contributed by atoms with E-state index in [4.69, 9.17) is 11.6 Å². The third-order valence-electron chi connectivity index (χ3n) is 4.85. The van der Waals surface area contributed by atoms with E-state index in [2.05, 4.69) is 9.93 Å². The lowest BCUT2D eigenvalue weighted by atomic mass is 10.2. The molecule has 1 heterocycles. The van der Waals surface area contributed by atoms with E-state index in [9.17, 15) is 17.6 Å². The number of nitrogens with zero attached hydrogens (tertiary/aromatic N) is 2. The highest BCUT2D eigenvalue weighted by atomic mass is 35.5. The van der Waals surface area contributed by atoms with Crippen LogP contribution < -0.4 is 4.83 Å². The van der Waals surface area contributed by atoms with E-state index in [1.807, 2.05) is 6.92 Å². The van der Waals surface area contributed by atoms with Crippen molar-refractivity contribution < 1.29 is 17.6 Å². The van der Waals surface area contributed by atoms with Gasteiger partial charge in [0.2, 0.25) is 0 Å². The Hall–Kier alpha value is -3.49. The minimum atomic E-state index is -3.87. The van der Waals surface area contributed by atoms with Crippen molar-refractivity contribution in [3.63, 3.8) is 0 Å². The van der Waals surface area contributed by atoms with Gasteiger partial charge in [0.15, 0.2) is 0 Å². The second-order valence-corrected chi connectivity index (χ2v) is 9.05. The lowest BCUT2D eigenvalue weighted by Gasteiger charge is -2.06. The van der Waals surface area contributed by atoms with Crippen LogP contribution in [-0.4, -0.2) is 25.1 Å². The van der Waals surface area contributed by atoms with Crippen LogP contribution in [0.4, 0.5) is 4.39 Å². The number of para-hydroxylation sites is 1. The third kappa shape index (κ3) is 4.15. The van der Waals surface area contributed by atoms with Crippen LogP contribution in [-0.2, 0) is 10.0 Å². The van der Waals surface area contributed by atoms with Crippen LogP contribution >= 0.6 is 11.6 Å². The molecular formula is C23H17ClFN3O3S. The van der Waals surface area contributed by atoms with Crippen LogP contribution in [0.15, 0.2) is 82.8 Å². The molecule has 0 saturated heterocycles. The normalized spacial score (nSPS) is 11.8. The molecule has 0 fully saturated rings. The lowest BCUT2D eigenvalue weighted by Crippen LogP contribution is -2.18. The van der Waals surface area contributed by atoms with Gasteiger partial charge in [-0.3, -0.25) is 9.36 Å². The summed E-state index contributed by atoms with van der Waals surface area (Å²) >= 11 is 6.51. The number of aromatic nitrogens is 1. The van der Waals surface area contributed by atoms with Crippen LogP contribution in [0, 0.1) is 12.7 Å². The molecule has 0 aliphatic rings. The number of rotatable bonds is 5. The maximum absolute atomic E-state index is 13.2. The van der Waals surface area contributed by atoms with E-state index in [0.717, 1.165) is 5.56 Å². The van der Waals surface area contributed by atoms with Crippen molar-refractivity contribution in [1.82, 2.24) is 9.40 Å². The largest absolute Gasteiger partial charge is 0.276 e. The summed E-state index contributed by atoms with van der Waals surface area (Å²) in [6, 6.07) is 18.4. The van der Waals surface area contributed by atoms with Crippen molar-refractivity contribution in [1.29, 1.82) is 0 Å². The molecule has 0 saturated carbocycles. The predicted octanol–water partition coefficient (Wildman–Crippen LogP) is 4.74. The number of carbonyl (C=O) groups excluding carboxylic acids is 1. The number of hydrogen-bond acceptors (Lipinski definition) is 4. The molecule has 32 heavy (non-hydrogen) atoms. The molecule has 4 rings (SSSR count). The molecule has 162 valence electrons. The van der Waals surface area contributed by atoms with Gasteiger partial charge in [-0.05, 0) is 49.4 Å². The number of benzene rings is 3. The van der Waals surface area contributed by atoms with E-state index >= 15 is 0 Å². The molecule has 0 aliphatic heterocycles. The van der Waals surface area contributed by atoms with Crippen molar-refractivity contribution in [2.45, 2.75) is 11.8 Å². The molecule has 4 aromatic rings. The molecule has 1 aromatic heterocycles. The first-order chi connectivity index (χ1) is 15.3. The molecule has 0 bridgehead atoms. The van der Waals surface area contributed by atoms with E-state index in [1.54, 1.807) is 36.4 Å². The Morgan fingerprint density at radius 2 is 1.69 bits per heavy atom. The molecule has 1 N–H and O–H groups in total. The molecule has 6 nitrogen and oxygen atoms in total. The van der Waals surface area contributed by atoms with E-state index in [-0.39, 0.29) is 15.6 Å². The number of sulfonamides is 1. The first-order valence-corrected chi connectivity index (χ1v) is 11.3. The first-order valence-electron chi connectivity index (χ1n) is 9.49. The van der Waals surface area contributed by atoms with E-state index < -0.39 is 21.7 Å². The van der Waals surface area contributed by atoms with Gasteiger partial charge in [-0.1, -0.05) is 47.5 Å². The third-order valence-corrected chi connectivity index (χ3v) is 6.46. The topological polar surface area (TPSA) is 80.5 Å². The summed E-state index contributed by atoms with van der Waals surface area (Å²) in [6.45, 7) is 1.85. The smallest absolute Gasteiger partial charge is 0.268 e. The molecular weight excluding hydrogens is 453 g/mol. The van der Waals surface area contributed by atoms with Crippen molar-refractivity contribution in [3.8, 4) is 0 Å². The molecule has 0 amide bonds. The van der Waals surface area contributed by atoms with Gasteiger partial charge in [0.1, 0.15) is 11.0 Å². The minimum absolute atomic E-state index is 0.0545. The van der Waals surface area contributed by atoms with Gasteiger partial charge in [-0.2, -0.15) is 13.5 Å². The molecule has 9 heteroatoms. The molecule has 0 spiro atoms. The summed E-state index contributed by atoms with van der Waals surface area (Å²) in [5.74, 6) is -0.912. The van der Waals surface area contributed by atoms with Crippen LogP contribution in [0.1, 0.15) is 21.5 Å². The number of aryl methyl sites for hydroxylation is 1. The Labute approximate surface area is 189 Å². The number of nitrogens with one attached hydrogen (secondary N) is 1. The average molecular weight is 470 g/mol. The van der Waals surface area contributed by atoms with Crippen LogP contribution in [0.25, 0.3) is 10.9 Å². The second-order valence-electron chi connectivity index (χ2n) is 7.04. The predicted molar refractivity (Wildman–Crippen MR) is 122 cm³/mol. The van der Waals surface area contributed by atoms with Crippen molar-refractivity contribution in [2.24, 2.45) is 5.10 Å². The number of halogens is 2. The Morgan fingerprint density at radius 1 is 1.03 bits per heavy atom. The van der Waals surface area contributed by atoms with Gasteiger partial charge in [0, 0.05) is 16.5 Å². The molecule has 3 aromatic carbocycles. The number of hydrogen-bond donors (Lipinski definition) is 1. The highest BCUT2D eigenvalue weighted by Gasteiger charge is 2.20. The molecule has 0 unspecified atom stereocenters. The molecule has 0 atom stereocenters. The zero-order valence-electron chi connectivity index (χ0n) is 16.8. The van der Waals surface area contributed by atoms with Crippen LogP contribution in [0.5, 0.6) is 0 Å². The van der Waals surface area contributed by atoms with Gasteiger partial charge in [-0.15, -0.1) is 0 Å². The Kier molecular flexibility index (Phi) is 5.82.